The number of hydrogen-bond donors (Lipinski definition) is 0. The number of fused-ring (bicyclic) bond motifs is 1. The highest BCUT2D eigenvalue weighted by Gasteiger charge is 2.13. The van der Waals surface area contributed by atoms with E-state index in [2.05, 4.69) is 15.6 Å². The standard InChI is InChI=1S/C29H24N2O5/c1-33-23-6-5-7-24(16-23)35-22-12-10-21(11-13-22)30-17-20-18-31(27-9-4-3-8-26(20)27)19-25-14-15-28(36-25)29(32)34-2/h3-18H,19H2,1-2H3. The van der Waals surface area contributed by atoms with E-state index in [0.717, 1.165) is 27.9 Å². The number of furan rings is 1. The number of aliphatic imine (C=N–C) groups is 1. The summed E-state index contributed by atoms with van der Waals surface area (Å²) < 4.78 is 23.6. The topological polar surface area (TPSA) is 75.2 Å². The van der Waals surface area contributed by atoms with Crippen molar-refractivity contribution in [2.24, 2.45) is 4.99 Å². The maximum Gasteiger partial charge on any atom is 0.373 e. The van der Waals surface area contributed by atoms with E-state index in [0.29, 0.717) is 23.8 Å². The molecular weight excluding hydrogens is 456 g/mol. The molecule has 0 fully saturated rings. The monoisotopic (exact) mass is 480 g/mol. The molecule has 180 valence electrons. The number of nitrogens with zero attached hydrogens (tertiary/aromatic N) is 2. The van der Waals surface area contributed by atoms with E-state index in [-0.39, 0.29) is 5.76 Å². The Bertz CT molecular complexity index is 1530. The number of carbonyl (C=O) groups excluding carboxylic acids is 1. The van der Waals surface area contributed by atoms with Crippen LogP contribution >= 0.6 is 0 Å². The van der Waals surface area contributed by atoms with Crippen LogP contribution < -0.4 is 9.47 Å². The van der Waals surface area contributed by atoms with E-state index >= 15 is 0 Å². The number of carbonyl (C=O) groups is 1. The summed E-state index contributed by atoms with van der Waals surface area (Å²) in [5.74, 6) is 2.50. The smallest absolute Gasteiger partial charge is 0.373 e. The van der Waals surface area contributed by atoms with E-state index in [9.17, 15) is 4.79 Å². The van der Waals surface area contributed by atoms with Gasteiger partial charge in [-0.3, -0.25) is 4.99 Å². The number of aromatic nitrogens is 1. The number of hydrogen-bond acceptors (Lipinski definition) is 6. The predicted octanol–water partition coefficient (Wildman–Crippen LogP) is 6.62. The fraction of sp³-hybridized carbons (Fsp3) is 0.103. The highest BCUT2D eigenvalue weighted by Crippen LogP contribution is 2.27. The molecule has 0 radical (unpaired) electrons. The van der Waals surface area contributed by atoms with Crippen molar-refractivity contribution in [3.8, 4) is 17.2 Å². The van der Waals surface area contributed by atoms with Gasteiger partial charge in [-0.25, -0.2) is 4.79 Å². The lowest BCUT2D eigenvalue weighted by Gasteiger charge is -2.07. The van der Waals surface area contributed by atoms with Crippen LogP contribution in [-0.2, 0) is 11.3 Å². The molecule has 0 N–H and O–H groups in total. The Balaban J connectivity index is 1.34. The molecule has 2 aromatic heterocycles. The molecular formula is C29H24N2O5. The number of esters is 1. The van der Waals surface area contributed by atoms with Crippen LogP contribution in [0.1, 0.15) is 21.9 Å². The Kier molecular flexibility index (Phi) is 6.53. The second-order valence-electron chi connectivity index (χ2n) is 8.02. The summed E-state index contributed by atoms with van der Waals surface area (Å²) in [6, 6.07) is 26.5. The minimum Gasteiger partial charge on any atom is -0.497 e. The zero-order valence-electron chi connectivity index (χ0n) is 19.9. The number of ether oxygens (including phenoxy) is 3. The SMILES string of the molecule is COC(=O)c1ccc(Cn2cc(C=Nc3ccc(Oc4cccc(OC)c4)cc3)c3ccccc32)o1. The predicted molar refractivity (Wildman–Crippen MR) is 138 cm³/mol. The van der Waals surface area contributed by atoms with Gasteiger partial charge >= 0.3 is 5.97 Å². The summed E-state index contributed by atoms with van der Waals surface area (Å²) in [6.07, 6.45) is 3.87. The van der Waals surface area contributed by atoms with Gasteiger partial charge < -0.3 is 23.2 Å². The summed E-state index contributed by atoms with van der Waals surface area (Å²) in [5.41, 5.74) is 2.82. The maximum atomic E-state index is 11.7. The number of methoxy groups -OCH3 is 2. The Morgan fingerprint density at radius 3 is 2.53 bits per heavy atom. The summed E-state index contributed by atoms with van der Waals surface area (Å²) in [4.78, 5) is 16.4. The third-order valence-electron chi connectivity index (χ3n) is 5.66. The molecule has 5 rings (SSSR count). The first kappa shape index (κ1) is 23.0. The lowest BCUT2D eigenvalue weighted by molar-refractivity contribution is 0.0563. The van der Waals surface area contributed by atoms with Crippen LogP contribution in [0.25, 0.3) is 10.9 Å². The van der Waals surface area contributed by atoms with E-state index < -0.39 is 5.97 Å². The highest BCUT2D eigenvalue weighted by atomic mass is 16.5. The molecule has 0 atom stereocenters. The van der Waals surface area contributed by atoms with Gasteiger partial charge in [-0.2, -0.15) is 0 Å². The molecule has 0 bridgehead atoms. The number of rotatable bonds is 8. The average molecular weight is 481 g/mol. The summed E-state index contributed by atoms with van der Waals surface area (Å²) in [7, 11) is 2.96. The van der Waals surface area contributed by atoms with Gasteiger partial charge in [0.15, 0.2) is 0 Å². The van der Waals surface area contributed by atoms with Crippen molar-refractivity contribution in [3.05, 3.63) is 108 Å². The van der Waals surface area contributed by atoms with Gasteiger partial charge in [0.2, 0.25) is 5.76 Å². The highest BCUT2D eigenvalue weighted by molar-refractivity contribution is 6.00. The molecule has 0 unspecified atom stereocenters. The van der Waals surface area contributed by atoms with Crippen molar-refractivity contribution < 1.29 is 23.4 Å². The second kappa shape index (κ2) is 10.2. The van der Waals surface area contributed by atoms with Crippen molar-refractivity contribution >= 4 is 28.8 Å². The summed E-state index contributed by atoms with van der Waals surface area (Å²) in [6.45, 7) is 0.474. The molecule has 0 aliphatic heterocycles. The quantitative estimate of drug-likeness (QED) is 0.184. The molecule has 0 saturated carbocycles. The van der Waals surface area contributed by atoms with E-state index in [1.54, 1.807) is 19.2 Å². The fourth-order valence-electron chi connectivity index (χ4n) is 3.90. The van der Waals surface area contributed by atoms with Crippen LogP contribution in [0.5, 0.6) is 17.2 Å². The molecule has 0 saturated heterocycles. The van der Waals surface area contributed by atoms with Crippen LogP contribution in [0.15, 0.2) is 101 Å². The molecule has 2 heterocycles. The van der Waals surface area contributed by atoms with Gasteiger partial charge in [0, 0.05) is 34.9 Å². The second-order valence-corrected chi connectivity index (χ2v) is 8.02. The van der Waals surface area contributed by atoms with Crippen molar-refractivity contribution in [3.63, 3.8) is 0 Å². The normalized spacial score (nSPS) is 11.2. The molecule has 7 nitrogen and oxygen atoms in total. The Hall–Kier alpha value is -4.78. The number of para-hydroxylation sites is 1. The molecule has 0 spiro atoms. The van der Waals surface area contributed by atoms with Crippen molar-refractivity contribution in [2.75, 3.05) is 14.2 Å². The minimum atomic E-state index is -0.494. The molecule has 36 heavy (non-hydrogen) atoms. The Morgan fingerprint density at radius 1 is 0.917 bits per heavy atom. The zero-order chi connectivity index (χ0) is 24.9. The first-order chi connectivity index (χ1) is 17.6. The first-order valence-corrected chi connectivity index (χ1v) is 11.3. The fourth-order valence-corrected chi connectivity index (χ4v) is 3.90. The third kappa shape index (κ3) is 5.00. The van der Waals surface area contributed by atoms with Crippen LogP contribution in [0, 0.1) is 0 Å². The average Bonchev–Trinajstić information content (AvgIpc) is 3.53. The lowest BCUT2D eigenvalue weighted by Crippen LogP contribution is -1.99. The van der Waals surface area contributed by atoms with Crippen LogP contribution in [0.3, 0.4) is 0 Å². The Labute approximate surface area is 208 Å². The van der Waals surface area contributed by atoms with E-state index in [1.807, 2.05) is 79.1 Å². The van der Waals surface area contributed by atoms with Crippen LogP contribution in [0.4, 0.5) is 5.69 Å². The molecule has 0 aliphatic carbocycles. The van der Waals surface area contributed by atoms with E-state index in [1.165, 1.54) is 7.11 Å². The molecule has 0 aliphatic rings. The van der Waals surface area contributed by atoms with Gasteiger partial charge in [-0.15, -0.1) is 0 Å². The zero-order valence-corrected chi connectivity index (χ0v) is 19.9. The van der Waals surface area contributed by atoms with Crippen LogP contribution in [-0.4, -0.2) is 31.0 Å². The molecule has 3 aromatic carbocycles. The van der Waals surface area contributed by atoms with Gasteiger partial charge in [0.25, 0.3) is 0 Å². The van der Waals surface area contributed by atoms with Gasteiger partial charge in [-0.05, 0) is 54.6 Å². The molecule has 5 aromatic rings. The van der Waals surface area contributed by atoms with Crippen molar-refractivity contribution in [1.29, 1.82) is 0 Å². The number of benzene rings is 3. The summed E-state index contributed by atoms with van der Waals surface area (Å²) in [5, 5.41) is 1.07. The summed E-state index contributed by atoms with van der Waals surface area (Å²) >= 11 is 0. The maximum absolute atomic E-state index is 11.7. The van der Waals surface area contributed by atoms with Crippen molar-refractivity contribution in [2.45, 2.75) is 6.54 Å². The molecule has 7 heteroatoms. The lowest BCUT2D eigenvalue weighted by atomic mass is 10.2. The Morgan fingerprint density at radius 2 is 1.72 bits per heavy atom. The first-order valence-electron chi connectivity index (χ1n) is 11.3. The van der Waals surface area contributed by atoms with Gasteiger partial charge in [0.05, 0.1) is 26.5 Å². The molecule has 0 amide bonds. The van der Waals surface area contributed by atoms with E-state index in [4.69, 9.17) is 18.6 Å². The van der Waals surface area contributed by atoms with Crippen molar-refractivity contribution in [1.82, 2.24) is 4.57 Å². The largest absolute Gasteiger partial charge is 0.497 e. The van der Waals surface area contributed by atoms with Gasteiger partial charge in [0.1, 0.15) is 23.0 Å². The van der Waals surface area contributed by atoms with Crippen LogP contribution in [0.2, 0.25) is 0 Å². The third-order valence-corrected chi connectivity index (χ3v) is 5.66. The van der Waals surface area contributed by atoms with Gasteiger partial charge in [-0.1, -0.05) is 24.3 Å². The minimum absolute atomic E-state index is 0.185.